The van der Waals surface area contributed by atoms with Gasteiger partial charge in [-0.2, -0.15) is 0 Å². The second-order valence-electron chi connectivity index (χ2n) is 9.03. The Morgan fingerprint density at radius 1 is 1.26 bits per heavy atom. The van der Waals surface area contributed by atoms with Crippen LogP contribution in [0.3, 0.4) is 0 Å². The molecular weight excluding hydrogens is 464 g/mol. The Labute approximate surface area is 208 Å². The van der Waals surface area contributed by atoms with Gasteiger partial charge in [0.05, 0.1) is 19.4 Å². The van der Waals surface area contributed by atoms with Gasteiger partial charge in [0.15, 0.2) is 17.2 Å². The van der Waals surface area contributed by atoms with Crippen molar-refractivity contribution in [2.24, 2.45) is 0 Å². The SMILES string of the molecule is C#Cc1nc(C(=O)N(c2ccc(-c3cnco3)cc2)C(C(=O)NC(C)(C)C)C2=CCCOC2)cs1. The van der Waals surface area contributed by atoms with Crippen molar-refractivity contribution in [3.05, 3.63) is 64.6 Å². The van der Waals surface area contributed by atoms with Crippen molar-refractivity contribution in [2.45, 2.75) is 38.8 Å². The van der Waals surface area contributed by atoms with Crippen LogP contribution >= 0.6 is 11.3 Å². The van der Waals surface area contributed by atoms with Gasteiger partial charge in [0, 0.05) is 22.2 Å². The van der Waals surface area contributed by atoms with E-state index in [1.165, 1.54) is 22.6 Å². The highest BCUT2D eigenvalue weighted by Gasteiger charge is 2.37. The van der Waals surface area contributed by atoms with Crippen LogP contribution in [-0.4, -0.2) is 46.6 Å². The Balaban J connectivity index is 1.81. The number of anilines is 1. The summed E-state index contributed by atoms with van der Waals surface area (Å²) < 4.78 is 11.0. The molecule has 3 heterocycles. The van der Waals surface area contributed by atoms with Crippen LogP contribution in [0.2, 0.25) is 0 Å². The maximum atomic E-state index is 13.9. The molecule has 8 nitrogen and oxygen atoms in total. The predicted octanol–water partition coefficient (Wildman–Crippen LogP) is 4.06. The van der Waals surface area contributed by atoms with Crippen molar-refractivity contribution in [3.63, 3.8) is 0 Å². The Morgan fingerprint density at radius 2 is 2.03 bits per heavy atom. The summed E-state index contributed by atoms with van der Waals surface area (Å²) in [5, 5.41) is 5.02. The van der Waals surface area contributed by atoms with Gasteiger partial charge in [-0.25, -0.2) is 9.97 Å². The van der Waals surface area contributed by atoms with E-state index in [1.54, 1.807) is 23.7 Å². The topological polar surface area (TPSA) is 97.6 Å². The molecule has 0 spiro atoms. The van der Waals surface area contributed by atoms with Crippen molar-refractivity contribution < 1.29 is 18.7 Å². The maximum absolute atomic E-state index is 13.9. The summed E-state index contributed by atoms with van der Waals surface area (Å²) in [5.74, 6) is 2.31. The minimum Gasteiger partial charge on any atom is -0.444 e. The molecule has 1 aromatic carbocycles. The van der Waals surface area contributed by atoms with Gasteiger partial charge < -0.3 is 14.5 Å². The average molecular weight is 491 g/mol. The zero-order valence-electron chi connectivity index (χ0n) is 19.8. The number of hydrogen-bond donors (Lipinski definition) is 1. The van der Waals surface area contributed by atoms with Crippen LogP contribution in [0, 0.1) is 12.3 Å². The average Bonchev–Trinajstić information content (AvgIpc) is 3.54. The fourth-order valence-electron chi connectivity index (χ4n) is 3.75. The Bertz CT molecular complexity index is 1260. The van der Waals surface area contributed by atoms with Crippen LogP contribution in [0.25, 0.3) is 11.3 Å². The molecule has 0 saturated carbocycles. The third-order valence-electron chi connectivity index (χ3n) is 5.22. The van der Waals surface area contributed by atoms with Crippen molar-refractivity contribution in [3.8, 4) is 23.7 Å². The highest BCUT2D eigenvalue weighted by atomic mass is 32.1. The highest BCUT2D eigenvalue weighted by molar-refractivity contribution is 7.10. The number of aromatic nitrogens is 2. The van der Waals surface area contributed by atoms with Crippen molar-refractivity contribution >= 4 is 28.8 Å². The minimum atomic E-state index is -0.936. The summed E-state index contributed by atoms with van der Waals surface area (Å²) in [4.78, 5) is 37.2. The maximum Gasteiger partial charge on any atom is 0.278 e. The highest BCUT2D eigenvalue weighted by Crippen LogP contribution is 2.29. The third-order valence-corrected chi connectivity index (χ3v) is 5.99. The fraction of sp³-hybridized carbons (Fsp3) is 0.308. The van der Waals surface area contributed by atoms with E-state index in [0.717, 1.165) is 5.56 Å². The molecular formula is C26H26N4O4S. The standard InChI is InChI=1S/C26H26N4O4S/c1-5-22-28-20(15-35-22)25(32)30(19-10-8-17(9-11-19)21-13-27-16-34-21)23(18-7-6-12-33-14-18)24(31)29-26(2,3)4/h1,7-11,13,15-16,23H,6,12,14H2,2-4H3,(H,29,31). The van der Waals surface area contributed by atoms with E-state index in [9.17, 15) is 9.59 Å². The summed E-state index contributed by atoms with van der Waals surface area (Å²) >= 11 is 1.20. The first-order chi connectivity index (χ1) is 16.8. The van der Waals surface area contributed by atoms with Crippen molar-refractivity contribution in [1.82, 2.24) is 15.3 Å². The van der Waals surface area contributed by atoms with E-state index in [-0.39, 0.29) is 18.2 Å². The van der Waals surface area contributed by atoms with E-state index in [2.05, 4.69) is 21.2 Å². The second-order valence-corrected chi connectivity index (χ2v) is 9.89. The van der Waals surface area contributed by atoms with E-state index in [1.807, 2.05) is 39.0 Å². The molecule has 0 aliphatic carbocycles. The Hall–Kier alpha value is -3.74. The van der Waals surface area contributed by atoms with Gasteiger partial charge in [-0.1, -0.05) is 6.08 Å². The van der Waals surface area contributed by atoms with Gasteiger partial charge in [0.2, 0.25) is 5.91 Å². The number of hydrogen-bond acceptors (Lipinski definition) is 7. The van der Waals surface area contributed by atoms with Gasteiger partial charge in [-0.05, 0) is 63.0 Å². The van der Waals surface area contributed by atoms with Gasteiger partial charge >= 0.3 is 0 Å². The van der Waals surface area contributed by atoms with Gasteiger partial charge in [-0.3, -0.25) is 14.5 Å². The second kappa shape index (κ2) is 10.3. The number of benzene rings is 1. The number of amides is 2. The molecule has 0 saturated heterocycles. The molecule has 3 aromatic rings. The van der Waals surface area contributed by atoms with Crippen LogP contribution in [0.15, 0.2) is 58.3 Å². The number of thiazole rings is 1. The van der Waals surface area contributed by atoms with E-state index < -0.39 is 17.5 Å². The molecule has 1 N–H and O–H groups in total. The van der Waals surface area contributed by atoms with E-state index >= 15 is 0 Å². The number of ether oxygens (including phenoxy) is 1. The molecule has 9 heteroatoms. The molecule has 0 radical (unpaired) electrons. The first kappa shape index (κ1) is 24.4. The molecule has 2 aromatic heterocycles. The van der Waals surface area contributed by atoms with Crippen molar-refractivity contribution in [2.75, 3.05) is 18.1 Å². The third kappa shape index (κ3) is 5.67. The van der Waals surface area contributed by atoms with Crippen LogP contribution in [0.4, 0.5) is 5.69 Å². The molecule has 180 valence electrons. The summed E-state index contributed by atoms with van der Waals surface area (Å²) in [7, 11) is 0. The minimum absolute atomic E-state index is 0.174. The lowest BCUT2D eigenvalue weighted by Crippen LogP contribution is -2.55. The number of rotatable bonds is 6. The van der Waals surface area contributed by atoms with E-state index in [0.29, 0.717) is 35.1 Å². The first-order valence-corrected chi connectivity index (χ1v) is 12.0. The van der Waals surface area contributed by atoms with Gasteiger partial charge in [-0.15, -0.1) is 17.8 Å². The molecule has 1 aliphatic rings. The number of carbonyl (C=O) groups excluding carboxylic acids is 2. The smallest absolute Gasteiger partial charge is 0.278 e. The normalized spacial score (nSPS) is 14.5. The Morgan fingerprint density at radius 3 is 2.60 bits per heavy atom. The molecule has 35 heavy (non-hydrogen) atoms. The lowest BCUT2D eigenvalue weighted by atomic mass is 9.98. The van der Waals surface area contributed by atoms with E-state index in [4.69, 9.17) is 15.6 Å². The first-order valence-electron chi connectivity index (χ1n) is 11.1. The summed E-state index contributed by atoms with van der Waals surface area (Å²) in [6, 6.07) is 6.23. The zero-order chi connectivity index (χ0) is 25.0. The summed E-state index contributed by atoms with van der Waals surface area (Å²) in [5.41, 5.74) is 1.69. The monoisotopic (exact) mass is 490 g/mol. The lowest BCUT2D eigenvalue weighted by molar-refractivity contribution is -0.123. The molecule has 1 unspecified atom stereocenters. The van der Waals surface area contributed by atoms with Crippen LogP contribution < -0.4 is 10.2 Å². The fourth-order valence-corrected chi connectivity index (χ4v) is 4.34. The molecule has 0 bridgehead atoms. The quantitative estimate of drug-likeness (QED) is 0.414. The number of nitrogens with one attached hydrogen (secondary N) is 1. The number of terminal acetylenes is 1. The van der Waals surface area contributed by atoms with Crippen LogP contribution in [0.5, 0.6) is 0 Å². The molecule has 4 rings (SSSR count). The number of nitrogens with zero attached hydrogens (tertiary/aromatic N) is 3. The number of oxazole rings is 1. The lowest BCUT2D eigenvalue weighted by Gasteiger charge is -2.35. The van der Waals surface area contributed by atoms with Crippen LogP contribution in [0.1, 0.15) is 42.7 Å². The number of carbonyl (C=O) groups is 2. The predicted molar refractivity (Wildman–Crippen MR) is 134 cm³/mol. The summed E-state index contributed by atoms with van der Waals surface area (Å²) in [6.45, 7) is 6.49. The molecule has 0 fully saturated rings. The Kier molecular flexibility index (Phi) is 7.15. The van der Waals surface area contributed by atoms with Crippen LogP contribution in [-0.2, 0) is 9.53 Å². The molecule has 2 amide bonds. The van der Waals surface area contributed by atoms with Gasteiger partial charge in [0.1, 0.15) is 11.7 Å². The van der Waals surface area contributed by atoms with Crippen molar-refractivity contribution in [1.29, 1.82) is 0 Å². The van der Waals surface area contributed by atoms with Gasteiger partial charge in [0.25, 0.3) is 5.91 Å². The molecule has 1 atom stereocenters. The summed E-state index contributed by atoms with van der Waals surface area (Å²) in [6.07, 6.45) is 11.1. The molecule has 1 aliphatic heterocycles. The zero-order valence-corrected chi connectivity index (χ0v) is 20.6. The largest absolute Gasteiger partial charge is 0.444 e.